The number of para-hydroxylation sites is 1. The molecule has 1 heterocycles. The number of amides is 2. The lowest BCUT2D eigenvalue weighted by atomic mass is 9.95. The van der Waals surface area contributed by atoms with Gasteiger partial charge in [0, 0.05) is 4.88 Å². The predicted molar refractivity (Wildman–Crippen MR) is 118 cm³/mol. The first-order valence-electron chi connectivity index (χ1n) is 10.3. The van der Waals surface area contributed by atoms with E-state index in [-0.39, 0.29) is 13.1 Å². The molecule has 3 rings (SSSR count). The van der Waals surface area contributed by atoms with E-state index < -0.39 is 35.1 Å². The van der Waals surface area contributed by atoms with Gasteiger partial charge in [0.05, 0.1) is 25.8 Å². The number of aryl methyl sites for hydroxylation is 1. The van der Waals surface area contributed by atoms with Crippen LogP contribution in [0.1, 0.15) is 40.6 Å². The predicted octanol–water partition coefficient (Wildman–Crippen LogP) is 3.59. The van der Waals surface area contributed by atoms with Crippen molar-refractivity contribution in [1.82, 2.24) is 4.90 Å². The van der Waals surface area contributed by atoms with Gasteiger partial charge in [-0.1, -0.05) is 13.0 Å². The maximum Gasteiger partial charge on any atom is 0.341 e. The van der Waals surface area contributed by atoms with Crippen molar-refractivity contribution in [3.05, 3.63) is 45.8 Å². The van der Waals surface area contributed by atoms with Crippen molar-refractivity contribution in [2.24, 2.45) is 0 Å². The quantitative estimate of drug-likeness (QED) is 0.582. The fraction of sp³-hybridized carbons (Fsp3) is 0.409. The van der Waals surface area contributed by atoms with E-state index in [1.165, 1.54) is 29.4 Å². The van der Waals surface area contributed by atoms with Crippen molar-refractivity contribution >= 4 is 39.8 Å². The highest BCUT2D eigenvalue weighted by atomic mass is 32.1. The van der Waals surface area contributed by atoms with Gasteiger partial charge < -0.3 is 15.4 Å². The minimum Gasteiger partial charge on any atom is -0.465 e. The zero-order valence-corrected chi connectivity index (χ0v) is 18.7. The molecule has 172 valence electrons. The van der Waals surface area contributed by atoms with Crippen LogP contribution in [0.5, 0.6) is 0 Å². The van der Waals surface area contributed by atoms with Crippen molar-refractivity contribution in [1.29, 1.82) is 0 Å². The SMILES string of the molecule is CCN(CC(=O)Nc1sc2c(c1C(=O)OC)CCCC2)CC(=O)Nc1c(F)cccc1F. The van der Waals surface area contributed by atoms with Crippen molar-refractivity contribution in [3.8, 4) is 0 Å². The minimum absolute atomic E-state index is 0.132. The van der Waals surface area contributed by atoms with Gasteiger partial charge in [0.15, 0.2) is 0 Å². The molecule has 2 N–H and O–H groups in total. The highest BCUT2D eigenvalue weighted by Crippen LogP contribution is 2.38. The summed E-state index contributed by atoms with van der Waals surface area (Å²) in [5.74, 6) is -3.29. The smallest absolute Gasteiger partial charge is 0.341 e. The second kappa shape index (κ2) is 10.6. The number of nitrogens with one attached hydrogen (secondary N) is 2. The number of carbonyl (C=O) groups excluding carboxylic acids is 3. The molecule has 10 heteroatoms. The number of likely N-dealkylation sites (N-methyl/N-ethyl adjacent to an activating group) is 1. The van der Waals surface area contributed by atoms with Crippen molar-refractivity contribution in [2.75, 3.05) is 37.4 Å². The number of methoxy groups -OCH3 is 1. The topological polar surface area (TPSA) is 87.7 Å². The number of thiophene rings is 1. The highest BCUT2D eigenvalue weighted by molar-refractivity contribution is 7.17. The Balaban J connectivity index is 1.65. The Labute approximate surface area is 188 Å². The molecule has 1 aliphatic carbocycles. The number of halogens is 2. The summed E-state index contributed by atoms with van der Waals surface area (Å²) in [6, 6.07) is 3.29. The summed E-state index contributed by atoms with van der Waals surface area (Å²) < 4.78 is 32.4. The Bertz CT molecular complexity index is 1000. The molecule has 1 aromatic heterocycles. The number of nitrogens with zero attached hydrogens (tertiary/aromatic N) is 1. The molecular formula is C22H25F2N3O4S. The number of hydrogen-bond donors (Lipinski definition) is 2. The first kappa shape index (κ1) is 23.8. The molecule has 1 aliphatic rings. The first-order valence-corrected chi connectivity index (χ1v) is 11.1. The standard InChI is InChI=1S/C22H25F2N3O4S/c1-3-27(11-17(28)25-20-14(23)8-6-9-15(20)24)12-18(29)26-21-19(22(30)31-2)13-7-4-5-10-16(13)32-21/h6,8-9H,3-5,7,10-12H2,1-2H3,(H,25,28)(H,26,29). The molecule has 0 radical (unpaired) electrons. The van der Waals surface area contributed by atoms with E-state index in [0.29, 0.717) is 17.1 Å². The van der Waals surface area contributed by atoms with Gasteiger partial charge in [-0.25, -0.2) is 13.6 Å². The van der Waals surface area contributed by atoms with Crippen LogP contribution in [-0.2, 0) is 27.2 Å². The third-order valence-electron chi connectivity index (χ3n) is 5.22. The summed E-state index contributed by atoms with van der Waals surface area (Å²) >= 11 is 1.37. The van der Waals surface area contributed by atoms with Gasteiger partial charge in [0.1, 0.15) is 22.3 Å². The average molecular weight is 466 g/mol. The van der Waals surface area contributed by atoms with E-state index in [4.69, 9.17) is 4.74 Å². The van der Waals surface area contributed by atoms with Gasteiger partial charge >= 0.3 is 5.97 Å². The molecule has 0 spiro atoms. The molecule has 2 amide bonds. The Morgan fingerprint density at radius 2 is 1.69 bits per heavy atom. The second-order valence-electron chi connectivity index (χ2n) is 7.40. The van der Waals surface area contributed by atoms with Crippen LogP contribution in [0.25, 0.3) is 0 Å². The van der Waals surface area contributed by atoms with Gasteiger partial charge in [-0.3, -0.25) is 14.5 Å². The first-order chi connectivity index (χ1) is 15.3. The molecule has 0 fully saturated rings. The summed E-state index contributed by atoms with van der Waals surface area (Å²) in [7, 11) is 1.30. The van der Waals surface area contributed by atoms with Crippen LogP contribution < -0.4 is 10.6 Å². The lowest BCUT2D eigenvalue weighted by Gasteiger charge is -2.19. The summed E-state index contributed by atoms with van der Waals surface area (Å²) in [6.45, 7) is 1.74. The monoisotopic (exact) mass is 465 g/mol. The van der Waals surface area contributed by atoms with Crippen molar-refractivity contribution < 1.29 is 27.9 Å². The highest BCUT2D eigenvalue weighted by Gasteiger charge is 2.27. The summed E-state index contributed by atoms with van der Waals surface area (Å²) in [5, 5.41) is 5.43. The van der Waals surface area contributed by atoms with Crippen molar-refractivity contribution in [3.63, 3.8) is 0 Å². The molecule has 0 saturated heterocycles. The molecule has 0 unspecified atom stereocenters. The van der Waals surface area contributed by atoms with Gasteiger partial charge in [0.2, 0.25) is 11.8 Å². The fourth-order valence-corrected chi connectivity index (χ4v) is 4.91. The van der Waals surface area contributed by atoms with E-state index >= 15 is 0 Å². The van der Waals surface area contributed by atoms with Crippen LogP contribution in [-0.4, -0.2) is 49.4 Å². The number of carbonyl (C=O) groups is 3. The van der Waals surface area contributed by atoms with E-state index in [1.807, 2.05) is 0 Å². The van der Waals surface area contributed by atoms with E-state index in [9.17, 15) is 23.2 Å². The Kier molecular flexibility index (Phi) is 7.92. The molecule has 0 bridgehead atoms. The van der Waals surface area contributed by atoms with Gasteiger partial charge in [-0.2, -0.15) is 0 Å². The normalized spacial score (nSPS) is 12.9. The van der Waals surface area contributed by atoms with Gasteiger partial charge in [-0.15, -0.1) is 11.3 Å². The number of ether oxygens (including phenoxy) is 1. The van der Waals surface area contributed by atoms with Crippen LogP contribution in [0.3, 0.4) is 0 Å². The zero-order chi connectivity index (χ0) is 23.3. The van der Waals surface area contributed by atoms with Crippen LogP contribution in [0.15, 0.2) is 18.2 Å². The average Bonchev–Trinajstić information content (AvgIpc) is 3.13. The number of esters is 1. The maximum atomic E-state index is 13.7. The maximum absolute atomic E-state index is 13.7. The third kappa shape index (κ3) is 5.49. The molecule has 32 heavy (non-hydrogen) atoms. The summed E-state index contributed by atoms with van der Waals surface area (Å²) in [5.41, 5.74) is 0.809. The fourth-order valence-electron chi connectivity index (χ4n) is 3.62. The number of anilines is 2. The molecule has 2 aromatic rings. The number of fused-ring (bicyclic) bond motifs is 1. The Morgan fingerprint density at radius 1 is 1.06 bits per heavy atom. The van der Waals surface area contributed by atoms with Crippen LogP contribution in [0.2, 0.25) is 0 Å². The summed E-state index contributed by atoms with van der Waals surface area (Å²) in [6.07, 6.45) is 3.62. The van der Waals surface area contributed by atoms with Crippen LogP contribution >= 0.6 is 11.3 Å². The zero-order valence-electron chi connectivity index (χ0n) is 17.9. The third-order valence-corrected chi connectivity index (χ3v) is 6.43. The molecule has 0 atom stereocenters. The Morgan fingerprint density at radius 3 is 2.31 bits per heavy atom. The largest absolute Gasteiger partial charge is 0.465 e. The lowest BCUT2D eigenvalue weighted by Crippen LogP contribution is -2.39. The molecule has 0 aliphatic heterocycles. The molecule has 0 saturated carbocycles. The Hall–Kier alpha value is -2.85. The number of rotatable bonds is 8. The van der Waals surface area contributed by atoms with Gasteiger partial charge in [0.25, 0.3) is 0 Å². The lowest BCUT2D eigenvalue weighted by molar-refractivity contribution is -0.119. The molecular weight excluding hydrogens is 440 g/mol. The summed E-state index contributed by atoms with van der Waals surface area (Å²) in [4.78, 5) is 39.8. The van der Waals surface area contributed by atoms with E-state index in [0.717, 1.165) is 48.3 Å². The second-order valence-corrected chi connectivity index (χ2v) is 8.51. The minimum atomic E-state index is -0.879. The van der Waals surface area contributed by atoms with Crippen LogP contribution in [0.4, 0.5) is 19.5 Å². The van der Waals surface area contributed by atoms with Crippen LogP contribution in [0, 0.1) is 11.6 Å². The van der Waals surface area contributed by atoms with E-state index in [1.54, 1.807) is 6.92 Å². The number of benzene rings is 1. The molecule has 1 aromatic carbocycles. The molecule has 7 nitrogen and oxygen atoms in total. The van der Waals surface area contributed by atoms with E-state index in [2.05, 4.69) is 10.6 Å². The van der Waals surface area contributed by atoms with Gasteiger partial charge in [-0.05, 0) is 49.9 Å². The van der Waals surface area contributed by atoms with Crippen molar-refractivity contribution in [2.45, 2.75) is 32.6 Å². The number of hydrogen-bond acceptors (Lipinski definition) is 6.